The van der Waals surface area contributed by atoms with E-state index in [9.17, 15) is 9.18 Å². The summed E-state index contributed by atoms with van der Waals surface area (Å²) in [6, 6.07) is 14.2. The lowest BCUT2D eigenvalue weighted by atomic mass is 10.1. The quantitative estimate of drug-likeness (QED) is 0.716. The van der Waals surface area contributed by atoms with Crippen LogP contribution in [0.3, 0.4) is 0 Å². The van der Waals surface area contributed by atoms with E-state index in [1.165, 1.54) is 12.1 Å². The fraction of sp³-hybridized carbons (Fsp3) is 0.391. The van der Waals surface area contributed by atoms with Gasteiger partial charge in [-0.15, -0.1) is 0 Å². The van der Waals surface area contributed by atoms with Crippen LogP contribution in [-0.4, -0.2) is 61.3 Å². The van der Waals surface area contributed by atoms with Crippen LogP contribution in [0, 0.1) is 5.82 Å². The Morgan fingerprint density at radius 3 is 2.38 bits per heavy atom. The van der Waals surface area contributed by atoms with E-state index in [0.717, 1.165) is 36.5 Å². The van der Waals surface area contributed by atoms with Gasteiger partial charge in [0, 0.05) is 44.6 Å². The van der Waals surface area contributed by atoms with Crippen LogP contribution in [0.5, 0.6) is 0 Å². The van der Waals surface area contributed by atoms with Crippen molar-refractivity contribution in [1.29, 1.82) is 0 Å². The fourth-order valence-corrected chi connectivity index (χ4v) is 3.50. The number of aliphatic imine (C=N–C) groups is 1. The van der Waals surface area contributed by atoms with Gasteiger partial charge in [-0.1, -0.05) is 37.3 Å². The summed E-state index contributed by atoms with van der Waals surface area (Å²) < 4.78 is 13.9. The largest absolute Gasteiger partial charge is 0.324 e. The first-order valence-electron chi connectivity index (χ1n) is 10.1. The first kappa shape index (κ1) is 21.0. The van der Waals surface area contributed by atoms with E-state index in [2.05, 4.69) is 16.8 Å². The third-order valence-electron chi connectivity index (χ3n) is 5.49. The lowest BCUT2D eigenvalue weighted by Crippen LogP contribution is -2.52. The summed E-state index contributed by atoms with van der Waals surface area (Å²) in [6.07, 6.45) is 0. The number of piperazine rings is 1. The highest BCUT2D eigenvalue weighted by Crippen LogP contribution is 2.21. The average molecular weight is 397 g/mol. The molecule has 2 aromatic carbocycles. The number of anilines is 1. The SMILES string of the molecule is CCN1CCN(C(=O)N(Cc2ccc(C(C)=NC)cc2)c2cccc(F)c2)CC1. The van der Waals surface area contributed by atoms with E-state index in [0.29, 0.717) is 25.3 Å². The number of amides is 2. The van der Waals surface area contributed by atoms with Gasteiger partial charge in [-0.2, -0.15) is 0 Å². The van der Waals surface area contributed by atoms with E-state index in [4.69, 9.17) is 0 Å². The molecule has 1 heterocycles. The number of likely N-dealkylation sites (N-methyl/N-ethyl adjacent to an activating group) is 1. The highest BCUT2D eigenvalue weighted by atomic mass is 19.1. The number of urea groups is 1. The van der Waals surface area contributed by atoms with Crippen molar-refractivity contribution < 1.29 is 9.18 Å². The van der Waals surface area contributed by atoms with Gasteiger partial charge >= 0.3 is 6.03 Å². The highest BCUT2D eigenvalue weighted by Gasteiger charge is 2.26. The molecule has 2 amide bonds. The van der Waals surface area contributed by atoms with Crippen molar-refractivity contribution in [3.8, 4) is 0 Å². The molecule has 1 aliphatic rings. The molecule has 29 heavy (non-hydrogen) atoms. The number of hydrogen-bond acceptors (Lipinski definition) is 3. The summed E-state index contributed by atoms with van der Waals surface area (Å²) in [4.78, 5) is 23.4. The summed E-state index contributed by atoms with van der Waals surface area (Å²) in [5.74, 6) is -0.346. The number of nitrogens with zero attached hydrogens (tertiary/aromatic N) is 4. The third kappa shape index (κ3) is 5.21. The smallest absolute Gasteiger partial charge is 0.322 e. The second kappa shape index (κ2) is 9.65. The van der Waals surface area contributed by atoms with Crippen molar-refractivity contribution in [1.82, 2.24) is 9.80 Å². The molecule has 1 saturated heterocycles. The van der Waals surface area contributed by atoms with Gasteiger partial charge in [0.1, 0.15) is 5.82 Å². The van der Waals surface area contributed by atoms with Gasteiger partial charge in [-0.3, -0.25) is 9.89 Å². The second-order valence-electron chi connectivity index (χ2n) is 7.28. The van der Waals surface area contributed by atoms with Crippen molar-refractivity contribution in [3.05, 3.63) is 65.5 Å². The van der Waals surface area contributed by atoms with Gasteiger partial charge in [-0.25, -0.2) is 9.18 Å². The van der Waals surface area contributed by atoms with E-state index in [1.807, 2.05) is 36.1 Å². The predicted molar refractivity (Wildman–Crippen MR) is 116 cm³/mol. The maximum absolute atomic E-state index is 13.9. The molecule has 2 aromatic rings. The fourth-order valence-electron chi connectivity index (χ4n) is 3.50. The number of benzene rings is 2. The molecule has 0 saturated carbocycles. The van der Waals surface area contributed by atoms with Gasteiger partial charge in [-0.05, 0) is 42.8 Å². The lowest BCUT2D eigenvalue weighted by molar-refractivity contribution is 0.147. The van der Waals surface area contributed by atoms with Gasteiger partial charge in [0.15, 0.2) is 0 Å². The van der Waals surface area contributed by atoms with Crippen molar-refractivity contribution in [3.63, 3.8) is 0 Å². The molecule has 0 bridgehead atoms. The van der Waals surface area contributed by atoms with Crippen molar-refractivity contribution in [2.45, 2.75) is 20.4 Å². The van der Waals surface area contributed by atoms with Gasteiger partial charge < -0.3 is 9.80 Å². The van der Waals surface area contributed by atoms with Crippen LogP contribution in [0.1, 0.15) is 25.0 Å². The Bertz CT molecular complexity index is 857. The summed E-state index contributed by atoms with van der Waals surface area (Å²) in [7, 11) is 1.77. The van der Waals surface area contributed by atoms with Crippen LogP contribution in [0.25, 0.3) is 0 Å². The Balaban J connectivity index is 1.83. The molecule has 3 rings (SSSR count). The first-order valence-corrected chi connectivity index (χ1v) is 10.1. The van der Waals surface area contributed by atoms with Crippen LogP contribution >= 0.6 is 0 Å². The molecule has 0 radical (unpaired) electrons. The topological polar surface area (TPSA) is 39.1 Å². The zero-order chi connectivity index (χ0) is 20.8. The molecule has 6 heteroatoms. The zero-order valence-corrected chi connectivity index (χ0v) is 17.4. The number of rotatable bonds is 5. The summed E-state index contributed by atoms with van der Waals surface area (Å²) in [6.45, 7) is 8.57. The Hall–Kier alpha value is -2.73. The van der Waals surface area contributed by atoms with E-state index in [1.54, 1.807) is 24.1 Å². The molecule has 1 fully saturated rings. The maximum Gasteiger partial charge on any atom is 0.324 e. The minimum absolute atomic E-state index is 0.0817. The number of carbonyl (C=O) groups is 1. The van der Waals surface area contributed by atoms with E-state index in [-0.39, 0.29) is 11.8 Å². The minimum Gasteiger partial charge on any atom is -0.322 e. The van der Waals surface area contributed by atoms with Crippen molar-refractivity contribution in [2.75, 3.05) is 44.7 Å². The van der Waals surface area contributed by atoms with Gasteiger partial charge in [0.25, 0.3) is 0 Å². The van der Waals surface area contributed by atoms with Gasteiger partial charge in [0.05, 0.1) is 6.54 Å². The molecule has 1 aliphatic heterocycles. The first-order chi connectivity index (χ1) is 14.0. The number of hydrogen-bond donors (Lipinski definition) is 0. The molecule has 0 unspecified atom stereocenters. The molecular weight excluding hydrogens is 367 g/mol. The molecule has 0 aliphatic carbocycles. The molecule has 0 spiro atoms. The summed E-state index contributed by atoms with van der Waals surface area (Å²) in [5, 5.41) is 0. The molecule has 154 valence electrons. The van der Waals surface area contributed by atoms with Crippen LogP contribution < -0.4 is 4.90 Å². The Morgan fingerprint density at radius 2 is 1.79 bits per heavy atom. The lowest BCUT2D eigenvalue weighted by Gasteiger charge is -2.37. The summed E-state index contributed by atoms with van der Waals surface area (Å²) in [5.41, 5.74) is 3.57. The Kier molecular flexibility index (Phi) is 6.99. The molecular formula is C23H29FN4O. The second-order valence-corrected chi connectivity index (χ2v) is 7.28. The molecule has 0 atom stereocenters. The predicted octanol–water partition coefficient (Wildman–Crippen LogP) is 4.03. The van der Waals surface area contributed by atoms with Crippen molar-refractivity contribution >= 4 is 17.4 Å². The third-order valence-corrected chi connectivity index (χ3v) is 5.49. The molecule has 0 aromatic heterocycles. The van der Waals surface area contributed by atoms with Crippen LogP contribution in [-0.2, 0) is 6.54 Å². The number of halogens is 1. The minimum atomic E-state index is -0.346. The zero-order valence-electron chi connectivity index (χ0n) is 17.4. The monoisotopic (exact) mass is 396 g/mol. The maximum atomic E-state index is 13.9. The average Bonchev–Trinajstić information content (AvgIpc) is 2.77. The highest BCUT2D eigenvalue weighted by molar-refractivity contribution is 5.98. The molecule has 0 N–H and O–H groups in total. The molecule has 5 nitrogen and oxygen atoms in total. The van der Waals surface area contributed by atoms with Crippen LogP contribution in [0.15, 0.2) is 53.5 Å². The number of carbonyl (C=O) groups excluding carboxylic acids is 1. The van der Waals surface area contributed by atoms with E-state index >= 15 is 0 Å². The van der Waals surface area contributed by atoms with Gasteiger partial charge in [0.2, 0.25) is 0 Å². The normalized spacial score (nSPS) is 15.4. The van der Waals surface area contributed by atoms with Crippen LogP contribution in [0.4, 0.5) is 14.9 Å². The van der Waals surface area contributed by atoms with Crippen LogP contribution in [0.2, 0.25) is 0 Å². The Labute approximate surface area is 172 Å². The van der Waals surface area contributed by atoms with Crippen molar-refractivity contribution in [2.24, 2.45) is 4.99 Å². The Morgan fingerprint density at radius 1 is 1.10 bits per heavy atom. The summed E-state index contributed by atoms with van der Waals surface area (Å²) >= 11 is 0. The standard InChI is InChI=1S/C23H29FN4O/c1-4-26-12-14-27(15-13-26)23(29)28(22-7-5-6-21(24)16-22)17-19-8-10-20(11-9-19)18(2)25-3/h5-11,16H,4,12-15,17H2,1-3H3. The van der Waals surface area contributed by atoms with E-state index < -0.39 is 0 Å².